The predicted molar refractivity (Wildman–Crippen MR) is 71.0 cm³/mol. The summed E-state index contributed by atoms with van der Waals surface area (Å²) in [5, 5.41) is 0. The van der Waals surface area contributed by atoms with Gasteiger partial charge in [0.15, 0.2) is 0 Å². The molecule has 102 valence electrons. The maximum absolute atomic E-state index is 12.2. The quantitative estimate of drug-likeness (QED) is 0.737. The molecule has 0 bridgehead atoms. The molecule has 0 radical (unpaired) electrons. The minimum atomic E-state index is -0.190. The fourth-order valence-corrected chi connectivity index (χ4v) is 2.70. The number of nitrogens with two attached hydrogens (primary N) is 1. The first-order valence-electron chi connectivity index (χ1n) is 7.04. The molecule has 1 aliphatic heterocycles. The second-order valence-corrected chi connectivity index (χ2v) is 4.91. The zero-order chi connectivity index (χ0) is 12.5. The highest BCUT2D eigenvalue weighted by Crippen LogP contribution is 2.12. The van der Waals surface area contributed by atoms with Gasteiger partial charge in [-0.3, -0.25) is 9.29 Å². The first kappa shape index (κ1) is 14.9. The number of alkyl halides is 1. The summed E-state index contributed by atoms with van der Waals surface area (Å²) >= 11 is 0. The molecule has 0 aromatic heterocycles. The van der Waals surface area contributed by atoms with Crippen molar-refractivity contribution in [1.82, 2.24) is 9.80 Å². The van der Waals surface area contributed by atoms with E-state index >= 15 is 0 Å². The van der Waals surface area contributed by atoms with Crippen LogP contribution in [0.1, 0.15) is 32.6 Å². The van der Waals surface area contributed by atoms with Crippen LogP contribution in [0.3, 0.4) is 0 Å². The summed E-state index contributed by atoms with van der Waals surface area (Å²) in [5.41, 5.74) is 5.66. The SMILES string of the molecule is CCC(CCN)N1CCCN(CCCF)CC1. The predicted octanol–water partition coefficient (Wildman–Crippen LogP) is 1.48. The van der Waals surface area contributed by atoms with E-state index in [-0.39, 0.29) is 6.67 Å². The zero-order valence-electron chi connectivity index (χ0n) is 11.2. The molecule has 1 rings (SSSR count). The molecule has 0 aromatic carbocycles. The highest BCUT2D eigenvalue weighted by atomic mass is 19.1. The Morgan fingerprint density at radius 1 is 1.24 bits per heavy atom. The molecule has 0 aromatic rings. The number of hydrogen-bond donors (Lipinski definition) is 1. The molecule has 1 atom stereocenters. The molecule has 2 N–H and O–H groups in total. The first-order chi connectivity index (χ1) is 8.31. The van der Waals surface area contributed by atoms with Gasteiger partial charge in [0.2, 0.25) is 0 Å². The summed E-state index contributed by atoms with van der Waals surface area (Å²) in [6.07, 6.45) is 4.16. The van der Waals surface area contributed by atoms with Crippen molar-refractivity contribution in [1.29, 1.82) is 0 Å². The summed E-state index contributed by atoms with van der Waals surface area (Å²) in [4.78, 5) is 4.97. The summed E-state index contributed by atoms with van der Waals surface area (Å²) in [6, 6.07) is 0.640. The monoisotopic (exact) mass is 245 g/mol. The molecule has 0 amide bonds. The van der Waals surface area contributed by atoms with E-state index in [1.54, 1.807) is 0 Å². The molecule has 1 unspecified atom stereocenters. The Morgan fingerprint density at radius 2 is 2.06 bits per heavy atom. The lowest BCUT2D eigenvalue weighted by molar-refractivity contribution is 0.184. The van der Waals surface area contributed by atoms with Crippen LogP contribution in [0.5, 0.6) is 0 Å². The van der Waals surface area contributed by atoms with Gasteiger partial charge in [-0.05, 0) is 45.3 Å². The fraction of sp³-hybridized carbons (Fsp3) is 1.00. The second kappa shape index (κ2) is 8.84. The Morgan fingerprint density at radius 3 is 2.71 bits per heavy atom. The third-order valence-electron chi connectivity index (χ3n) is 3.72. The van der Waals surface area contributed by atoms with Gasteiger partial charge >= 0.3 is 0 Å². The molecule has 1 aliphatic rings. The van der Waals surface area contributed by atoms with E-state index in [1.807, 2.05) is 0 Å². The van der Waals surface area contributed by atoms with Crippen molar-refractivity contribution in [3.8, 4) is 0 Å². The molecule has 1 saturated heterocycles. The van der Waals surface area contributed by atoms with E-state index in [2.05, 4.69) is 16.7 Å². The van der Waals surface area contributed by atoms with Crippen LogP contribution in [0.4, 0.5) is 4.39 Å². The molecule has 0 spiro atoms. The topological polar surface area (TPSA) is 32.5 Å². The van der Waals surface area contributed by atoms with E-state index in [9.17, 15) is 4.39 Å². The lowest BCUT2D eigenvalue weighted by Crippen LogP contribution is -2.39. The van der Waals surface area contributed by atoms with Gasteiger partial charge < -0.3 is 10.6 Å². The zero-order valence-corrected chi connectivity index (χ0v) is 11.2. The number of halogens is 1. The van der Waals surface area contributed by atoms with Crippen molar-refractivity contribution < 1.29 is 4.39 Å². The smallest absolute Gasteiger partial charge is 0.0906 e. The van der Waals surface area contributed by atoms with E-state index < -0.39 is 0 Å². The van der Waals surface area contributed by atoms with Crippen LogP contribution in [0.15, 0.2) is 0 Å². The highest BCUT2D eigenvalue weighted by Gasteiger charge is 2.19. The van der Waals surface area contributed by atoms with Crippen molar-refractivity contribution in [3.05, 3.63) is 0 Å². The minimum absolute atomic E-state index is 0.190. The normalized spacial score (nSPS) is 21.4. The lowest BCUT2D eigenvalue weighted by atomic mass is 10.1. The molecule has 17 heavy (non-hydrogen) atoms. The largest absolute Gasteiger partial charge is 0.330 e. The first-order valence-corrected chi connectivity index (χ1v) is 7.04. The van der Waals surface area contributed by atoms with Crippen molar-refractivity contribution in [2.24, 2.45) is 5.73 Å². The van der Waals surface area contributed by atoms with Crippen molar-refractivity contribution in [2.45, 2.75) is 38.6 Å². The van der Waals surface area contributed by atoms with Crippen LogP contribution in [0.2, 0.25) is 0 Å². The maximum atomic E-state index is 12.2. The summed E-state index contributed by atoms with van der Waals surface area (Å²) in [7, 11) is 0. The van der Waals surface area contributed by atoms with Crippen molar-refractivity contribution in [2.75, 3.05) is 45.9 Å². The molecule has 0 aliphatic carbocycles. The summed E-state index contributed by atoms with van der Waals surface area (Å²) < 4.78 is 12.2. The Kier molecular flexibility index (Phi) is 7.73. The Hall–Kier alpha value is -0.190. The van der Waals surface area contributed by atoms with Gasteiger partial charge in [0.05, 0.1) is 6.67 Å². The molecule has 3 nitrogen and oxygen atoms in total. The average Bonchev–Trinajstić information content (AvgIpc) is 2.59. The van der Waals surface area contributed by atoms with Gasteiger partial charge in [-0.1, -0.05) is 6.92 Å². The van der Waals surface area contributed by atoms with E-state index in [0.717, 1.165) is 39.1 Å². The van der Waals surface area contributed by atoms with Crippen LogP contribution >= 0.6 is 0 Å². The molecular formula is C13H28FN3. The fourth-order valence-electron chi connectivity index (χ4n) is 2.70. The molecule has 0 saturated carbocycles. The van der Waals surface area contributed by atoms with Crippen molar-refractivity contribution in [3.63, 3.8) is 0 Å². The lowest BCUT2D eigenvalue weighted by Gasteiger charge is -2.29. The van der Waals surface area contributed by atoms with E-state index in [0.29, 0.717) is 12.5 Å². The van der Waals surface area contributed by atoms with Crippen LogP contribution in [-0.2, 0) is 0 Å². The van der Waals surface area contributed by atoms with Crippen LogP contribution in [-0.4, -0.2) is 61.8 Å². The summed E-state index contributed by atoms with van der Waals surface area (Å²) in [5.74, 6) is 0. The van der Waals surface area contributed by atoms with Crippen molar-refractivity contribution >= 4 is 0 Å². The third kappa shape index (κ3) is 5.32. The standard InChI is InChI=1S/C13H28FN3/c1-2-13(5-7-15)17-10-4-9-16(11-12-17)8-3-6-14/h13H,2-12,15H2,1H3. The van der Waals surface area contributed by atoms with Gasteiger partial charge in [0.1, 0.15) is 0 Å². The van der Waals surface area contributed by atoms with Gasteiger partial charge in [-0.2, -0.15) is 0 Å². The van der Waals surface area contributed by atoms with Gasteiger partial charge in [-0.25, -0.2) is 0 Å². The number of nitrogens with zero attached hydrogens (tertiary/aromatic N) is 2. The summed E-state index contributed by atoms with van der Waals surface area (Å²) in [6.45, 7) is 8.24. The highest BCUT2D eigenvalue weighted by molar-refractivity contribution is 4.76. The van der Waals surface area contributed by atoms with Gasteiger partial charge in [0, 0.05) is 25.7 Å². The Balaban J connectivity index is 2.35. The Bertz CT molecular complexity index is 190. The number of hydrogen-bond acceptors (Lipinski definition) is 3. The molecule has 4 heteroatoms. The minimum Gasteiger partial charge on any atom is -0.330 e. The maximum Gasteiger partial charge on any atom is 0.0906 e. The van der Waals surface area contributed by atoms with Gasteiger partial charge in [-0.15, -0.1) is 0 Å². The van der Waals surface area contributed by atoms with E-state index in [1.165, 1.54) is 19.4 Å². The van der Waals surface area contributed by atoms with Crippen LogP contribution < -0.4 is 5.73 Å². The van der Waals surface area contributed by atoms with E-state index in [4.69, 9.17) is 5.73 Å². The average molecular weight is 245 g/mol. The van der Waals surface area contributed by atoms with Crippen LogP contribution in [0.25, 0.3) is 0 Å². The molecule has 1 fully saturated rings. The molecular weight excluding hydrogens is 217 g/mol. The van der Waals surface area contributed by atoms with Gasteiger partial charge in [0.25, 0.3) is 0 Å². The van der Waals surface area contributed by atoms with Crippen LogP contribution in [0, 0.1) is 0 Å². The Labute approximate surface area is 105 Å². The number of rotatable bonds is 7. The third-order valence-corrected chi connectivity index (χ3v) is 3.72. The molecule has 1 heterocycles. The second-order valence-electron chi connectivity index (χ2n) is 4.91.